The normalized spacial score (nSPS) is 10.9. The first-order chi connectivity index (χ1) is 6.24. The lowest BCUT2D eigenvalue weighted by molar-refractivity contribution is 0.676. The largest absolute Gasteiger partial charge is 0.285 e. The Bertz CT molecular complexity index is 498. The number of rotatable bonds is 1. The van der Waals surface area contributed by atoms with Crippen LogP contribution in [0.3, 0.4) is 0 Å². The molecule has 0 aliphatic rings. The number of hydrogen-bond donors (Lipinski definition) is 1. The van der Waals surface area contributed by atoms with Crippen molar-refractivity contribution >= 4 is 22.5 Å². The Hall–Kier alpha value is -1.22. The number of aryl methyl sites for hydroxylation is 1. The summed E-state index contributed by atoms with van der Waals surface area (Å²) >= 11 is 5.90. The lowest BCUT2D eigenvalue weighted by atomic mass is 10.2. The molecule has 1 heterocycles. The van der Waals surface area contributed by atoms with E-state index in [-0.39, 0.29) is 5.56 Å². The van der Waals surface area contributed by atoms with E-state index in [0.717, 1.165) is 12.1 Å². The molecule has 4 heteroatoms. The Balaban J connectivity index is 2.96. The average Bonchev–Trinajstić information content (AvgIpc) is 2.44. The Morgan fingerprint density at radius 3 is 3.00 bits per heavy atom. The molecular formula is C9H9ClN2O. The van der Waals surface area contributed by atoms with E-state index in [1.54, 1.807) is 10.7 Å². The van der Waals surface area contributed by atoms with Gasteiger partial charge < -0.3 is 0 Å². The number of hydrogen-bond acceptors (Lipinski definition) is 1. The quantitative estimate of drug-likeness (QED) is 0.745. The summed E-state index contributed by atoms with van der Waals surface area (Å²) < 4.78 is 1.78. The van der Waals surface area contributed by atoms with Gasteiger partial charge in [0.15, 0.2) is 0 Å². The minimum atomic E-state index is -0.123. The first-order valence-electron chi connectivity index (χ1n) is 4.11. The van der Waals surface area contributed by atoms with Gasteiger partial charge in [0.2, 0.25) is 0 Å². The van der Waals surface area contributed by atoms with Crippen LogP contribution in [0.25, 0.3) is 10.9 Å². The molecule has 0 aliphatic heterocycles. The van der Waals surface area contributed by atoms with Crippen LogP contribution in [-0.2, 0) is 6.54 Å². The molecule has 0 fully saturated rings. The molecular weight excluding hydrogens is 188 g/mol. The minimum absolute atomic E-state index is 0.123. The van der Waals surface area contributed by atoms with E-state index < -0.39 is 0 Å². The van der Waals surface area contributed by atoms with Crippen molar-refractivity contribution in [2.24, 2.45) is 0 Å². The van der Waals surface area contributed by atoms with E-state index >= 15 is 0 Å². The number of benzene rings is 1. The topological polar surface area (TPSA) is 37.8 Å². The second-order valence-electron chi connectivity index (χ2n) is 2.82. The number of nitrogens with one attached hydrogen (secondary N) is 1. The van der Waals surface area contributed by atoms with Crippen LogP contribution >= 0.6 is 11.6 Å². The van der Waals surface area contributed by atoms with Gasteiger partial charge in [0, 0.05) is 6.54 Å². The summed E-state index contributed by atoms with van der Waals surface area (Å²) in [5, 5.41) is 3.80. The second kappa shape index (κ2) is 2.92. The Morgan fingerprint density at radius 2 is 2.31 bits per heavy atom. The molecule has 0 bridgehead atoms. The summed E-state index contributed by atoms with van der Waals surface area (Å²) in [6.07, 6.45) is 0. The average molecular weight is 197 g/mol. The summed E-state index contributed by atoms with van der Waals surface area (Å²) in [6, 6.07) is 5.44. The maximum atomic E-state index is 11.4. The van der Waals surface area contributed by atoms with E-state index in [4.69, 9.17) is 11.6 Å². The number of fused-ring (bicyclic) bond motifs is 1. The minimum Gasteiger partial charge on any atom is -0.285 e. The molecule has 0 unspecified atom stereocenters. The molecule has 0 saturated carbocycles. The Kier molecular flexibility index (Phi) is 1.88. The van der Waals surface area contributed by atoms with Gasteiger partial charge in [0.1, 0.15) is 0 Å². The third-order valence-electron chi connectivity index (χ3n) is 2.06. The van der Waals surface area contributed by atoms with Gasteiger partial charge in [-0.05, 0) is 19.1 Å². The highest BCUT2D eigenvalue weighted by Crippen LogP contribution is 2.19. The van der Waals surface area contributed by atoms with Gasteiger partial charge in [0.05, 0.1) is 15.9 Å². The van der Waals surface area contributed by atoms with Gasteiger partial charge in [-0.15, -0.1) is 0 Å². The fourth-order valence-corrected chi connectivity index (χ4v) is 1.71. The molecule has 68 valence electrons. The maximum absolute atomic E-state index is 11.4. The van der Waals surface area contributed by atoms with Crippen molar-refractivity contribution in [2.75, 3.05) is 0 Å². The number of H-pyrrole nitrogens is 1. The lowest BCUT2D eigenvalue weighted by Crippen LogP contribution is -2.03. The highest BCUT2D eigenvalue weighted by atomic mass is 35.5. The molecule has 1 aromatic heterocycles. The summed E-state index contributed by atoms with van der Waals surface area (Å²) in [4.78, 5) is 11.4. The molecule has 0 aliphatic carbocycles. The third-order valence-corrected chi connectivity index (χ3v) is 2.38. The Labute approximate surface area is 79.9 Å². The van der Waals surface area contributed by atoms with Gasteiger partial charge in [-0.3, -0.25) is 14.6 Å². The van der Waals surface area contributed by atoms with Crippen LogP contribution in [0.15, 0.2) is 23.0 Å². The fraction of sp³-hybridized carbons (Fsp3) is 0.222. The molecule has 0 amide bonds. The monoisotopic (exact) mass is 196 g/mol. The highest BCUT2D eigenvalue weighted by molar-refractivity contribution is 6.35. The van der Waals surface area contributed by atoms with Gasteiger partial charge >= 0.3 is 0 Å². The van der Waals surface area contributed by atoms with Crippen LogP contribution in [0.4, 0.5) is 0 Å². The number of aromatic nitrogens is 2. The van der Waals surface area contributed by atoms with Crippen LogP contribution in [0.1, 0.15) is 6.92 Å². The predicted molar refractivity (Wildman–Crippen MR) is 53.2 cm³/mol. The predicted octanol–water partition coefficient (Wildman–Crippen LogP) is 2.00. The van der Waals surface area contributed by atoms with E-state index in [2.05, 4.69) is 5.10 Å². The van der Waals surface area contributed by atoms with E-state index in [1.807, 2.05) is 19.1 Å². The summed E-state index contributed by atoms with van der Waals surface area (Å²) in [7, 11) is 0. The third kappa shape index (κ3) is 1.16. The van der Waals surface area contributed by atoms with Gasteiger partial charge in [-0.25, -0.2) is 0 Å². The second-order valence-corrected chi connectivity index (χ2v) is 3.23. The van der Waals surface area contributed by atoms with Crippen molar-refractivity contribution in [2.45, 2.75) is 13.5 Å². The van der Waals surface area contributed by atoms with Crippen LogP contribution < -0.4 is 5.56 Å². The zero-order valence-electron chi connectivity index (χ0n) is 7.17. The molecule has 13 heavy (non-hydrogen) atoms. The number of halogens is 1. The number of aromatic amines is 1. The number of nitrogens with zero attached hydrogens (tertiary/aromatic N) is 1. The standard InChI is InChI=1S/C9H9ClN2O/c1-2-12-7-5-3-4-6(10)8(7)9(13)11-12/h3-5H,2H2,1H3,(H,11,13). The Morgan fingerprint density at radius 1 is 1.54 bits per heavy atom. The summed E-state index contributed by atoms with van der Waals surface area (Å²) in [5.41, 5.74) is 0.738. The molecule has 0 saturated heterocycles. The highest BCUT2D eigenvalue weighted by Gasteiger charge is 2.07. The van der Waals surface area contributed by atoms with Crippen LogP contribution in [0.5, 0.6) is 0 Å². The van der Waals surface area contributed by atoms with Gasteiger partial charge in [0.25, 0.3) is 5.56 Å². The van der Waals surface area contributed by atoms with Crippen LogP contribution in [-0.4, -0.2) is 9.78 Å². The summed E-state index contributed by atoms with van der Waals surface area (Å²) in [5.74, 6) is 0. The van der Waals surface area contributed by atoms with Crippen molar-refractivity contribution in [3.8, 4) is 0 Å². The van der Waals surface area contributed by atoms with Crippen LogP contribution in [0, 0.1) is 0 Å². The first kappa shape index (κ1) is 8.38. The summed E-state index contributed by atoms with van der Waals surface area (Å²) in [6.45, 7) is 2.70. The zero-order valence-corrected chi connectivity index (χ0v) is 7.93. The maximum Gasteiger partial charge on any atom is 0.273 e. The molecule has 1 aromatic carbocycles. The van der Waals surface area contributed by atoms with Crippen molar-refractivity contribution < 1.29 is 0 Å². The van der Waals surface area contributed by atoms with E-state index in [0.29, 0.717) is 10.4 Å². The van der Waals surface area contributed by atoms with Crippen LogP contribution in [0.2, 0.25) is 5.02 Å². The molecule has 1 N–H and O–H groups in total. The smallest absolute Gasteiger partial charge is 0.273 e. The fourth-order valence-electron chi connectivity index (χ4n) is 1.45. The van der Waals surface area contributed by atoms with Crippen molar-refractivity contribution in [1.82, 2.24) is 9.78 Å². The van der Waals surface area contributed by atoms with Gasteiger partial charge in [-0.2, -0.15) is 0 Å². The van der Waals surface area contributed by atoms with Crippen molar-refractivity contribution in [3.05, 3.63) is 33.6 Å². The molecule has 2 rings (SSSR count). The van der Waals surface area contributed by atoms with Gasteiger partial charge in [-0.1, -0.05) is 17.7 Å². The SMILES string of the molecule is CCn1[nH]c(=O)c2c(Cl)cccc21. The van der Waals surface area contributed by atoms with E-state index in [9.17, 15) is 4.79 Å². The molecule has 0 spiro atoms. The lowest BCUT2D eigenvalue weighted by Gasteiger charge is -1.98. The molecule has 3 nitrogen and oxygen atoms in total. The zero-order chi connectivity index (χ0) is 9.42. The first-order valence-corrected chi connectivity index (χ1v) is 4.49. The van der Waals surface area contributed by atoms with E-state index in [1.165, 1.54) is 0 Å². The van der Waals surface area contributed by atoms with Crippen molar-refractivity contribution in [3.63, 3.8) is 0 Å². The molecule has 0 radical (unpaired) electrons. The van der Waals surface area contributed by atoms with Crippen molar-refractivity contribution in [1.29, 1.82) is 0 Å². The molecule has 2 aromatic rings. The molecule has 0 atom stereocenters.